The van der Waals surface area contributed by atoms with Crippen molar-refractivity contribution in [1.29, 1.82) is 0 Å². The van der Waals surface area contributed by atoms with Crippen LogP contribution in [-0.4, -0.2) is 26.0 Å². The Bertz CT molecular complexity index is 523. The summed E-state index contributed by atoms with van der Waals surface area (Å²) in [6.07, 6.45) is 4.02. The van der Waals surface area contributed by atoms with E-state index in [0.717, 1.165) is 10.0 Å². The third kappa shape index (κ3) is 3.04. The van der Waals surface area contributed by atoms with Crippen LogP contribution in [0.3, 0.4) is 0 Å². The Hall–Kier alpha value is -1.89. The highest BCUT2D eigenvalue weighted by molar-refractivity contribution is 9.10. The minimum Gasteiger partial charge on any atom is -0.465 e. The molecular weight excluding hydrogens is 288 g/mol. The van der Waals surface area contributed by atoms with Crippen molar-refractivity contribution in [3.63, 3.8) is 0 Å². The van der Waals surface area contributed by atoms with Crippen LogP contribution < -0.4 is 5.32 Å². The molecule has 2 aromatic rings. The van der Waals surface area contributed by atoms with Crippen molar-refractivity contribution in [3.8, 4) is 5.82 Å². The fourth-order valence-corrected chi connectivity index (χ4v) is 1.55. The molecule has 0 atom stereocenters. The van der Waals surface area contributed by atoms with E-state index in [1.54, 1.807) is 35.4 Å². The molecule has 88 valence electrons. The van der Waals surface area contributed by atoms with E-state index in [9.17, 15) is 4.79 Å². The van der Waals surface area contributed by atoms with Gasteiger partial charge in [0.1, 0.15) is 0 Å². The lowest BCUT2D eigenvalue weighted by atomic mass is 10.3. The van der Waals surface area contributed by atoms with Crippen molar-refractivity contribution in [3.05, 3.63) is 40.8 Å². The molecule has 2 aromatic heterocycles. The zero-order chi connectivity index (χ0) is 12.3. The zero-order valence-corrected chi connectivity index (χ0v) is 10.3. The molecule has 0 saturated carbocycles. The van der Waals surface area contributed by atoms with Gasteiger partial charge in [-0.15, -0.1) is 0 Å². The molecule has 0 aliphatic carbocycles. The number of carbonyl (C=O) groups is 1. The van der Waals surface area contributed by atoms with Gasteiger partial charge in [0.15, 0.2) is 5.82 Å². The van der Waals surface area contributed by atoms with Crippen molar-refractivity contribution < 1.29 is 9.90 Å². The molecule has 7 heteroatoms. The maximum atomic E-state index is 10.3. The number of halogens is 1. The van der Waals surface area contributed by atoms with Crippen molar-refractivity contribution in [2.75, 3.05) is 0 Å². The molecule has 0 bridgehead atoms. The molecule has 1 amide bonds. The van der Waals surface area contributed by atoms with Crippen molar-refractivity contribution >= 4 is 22.0 Å². The molecule has 0 spiro atoms. The molecule has 0 saturated heterocycles. The van der Waals surface area contributed by atoms with Crippen LogP contribution in [0.2, 0.25) is 0 Å². The average molecular weight is 297 g/mol. The van der Waals surface area contributed by atoms with E-state index in [1.165, 1.54) is 0 Å². The SMILES string of the molecule is O=C(O)NCc1ccc(-n2cc(Br)cn2)nc1. The highest BCUT2D eigenvalue weighted by atomic mass is 79.9. The van der Waals surface area contributed by atoms with Gasteiger partial charge in [-0.25, -0.2) is 14.5 Å². The van der Waals surface area contributed by atoms with E-state index < -0.39 is 6.09 Å². The van der Waals surface area contributed by atoms with Crippen LogP contribution >= 0.6 is 15.9 Å². The third-order valence-corrected chi connectivity index (χ3v) is 2.45. The van der Waals surface area contributed by atoms with Gasteiger partial charge < -0.3 is 10.4 Å². The smallest absolute Gasteiger partial charge is 0.404 e. The van der Waals surface area contributed by atoms with Gasteiger partial charge in [-0.3, -0.25) is 0 Å². The summed E-state index contributed by atoms with van der Waals surface area (Å²) in [7, 11) is 0. The van der Waals surface area contributed by atoms with Crippen molar-refractivity contribution in [2.45, 2.75) is 6.54 Å². The molecule has 0 unspecified atom stereocenters. The van der Waals surface area contributed by atoms with E-state index in [0.29, 0.717) is 5.82 Å². The fraction of sp³-hybridized carbons (Fsp3) is 0.100. The lowest BCUT2D eigenvalue weighted by Crippen LogP contribution is -2.20. The Morgan fingerprint density at radius 1 is 1.47 bits per heavy atom. The number of amides is 1. The summed E-state index contributed by atoms with van der Waals surface area (Å²) in [6, 6.07) is 3.58. The molecule has 0 fully saturated rings. The first-order valence-electron chi connectivity index (χ1n) is 4.77. The largest absolute Gasteiger partial charge is 0.465 e. The maximum absolute atomic E-state index is 10.3. The van der Waals surface area contributed by atoms with Crippen molar-refractivity contribution in [1.82, 2.24) is 20.1 Å². The summed E-state index contributed by atoms with van der Waals surface area (Å²) in [6.45, 7) is 0.241. The van der Waals surface area contributed by atoms with Gasteiger partial charge in [0.05, 0.1) is 10.7 Å². The van der Waals surface area contributed by atoms with Crippen LogP contribution in [-0.2, 0) is 6.54 Å². The highest BCUT2D eigenvalue weighted by Gasteiger charge is 2.01. The molecule has 6 nitrogen and oxygen atoms in total. The van der Waals surface area contributed by atoms with Crippen LogP contribution in [0.4, 0.5) is 4.79 Å². The van der Waals surface area contributed by atoms with Gasteiger partial charge in [-0.2, -0.15) is 5.10 Å². The monoisotopic (exact) mass is 296 g/mol. The summed E-state index contributed by atoms with van der Waals surface area (Å²) in [4.78, 5) is 14.5. The number of hydrogen-bond acceptors (Lipinski definition) is 3. The molecule has 17 heavy (non-hydrogen) atoms. The van der Waals surface area contributed by atoms with Gasteiger partial charge in [0, 0.05) is 18.9 Å². The Balaban J connectivity index is 2.10. The normalized spacial score (nSPS) is 10.2. The highest BCUT2D eigenvalue weighted by Crippen LogP contribution is 2.10. The first kappa shape index (κ1) is 11.6. The number of nitrogens with zero attached hydrogens (tertiary/aromatic N) is 3. The third-order valence-electron chi connectivity index (χ3n) is 2.04. The number of pyridine rings is 1. The van der Waals surface area contributed by atoms with Gasteiger partial charge in [-0.05, 0) is 27.6 Å². The second-order valence-corrected chi connectivity index (χ2v) is 4.20. The minimum atomic E-state index is -1.05. The zero-order valence-electron chi connectivity index (χ0n) is 8.67. The van der Waals surface area contributed by atoms with Crippen LogP contribution in [0.15, 0.2) is 35.2 Å². The fourth-order valence-electron chi connectivity index (χ4n) is 1.26. The molecule has 0 radical (unpaired) electrons. The Labute approximate surface area is 105 Å². The summed E-state index contributed by atoms with van der Waals surface area (Å²) in [5.74, 6) is 0.676. The molecule has 2 heterocycles. The molecule has 0 aromatic carbocycles. The maximum Gasteiger partial charge on any atom is 0.404 e. The van der Waals surface area contributed by atoms with E-state index in [-0.39, 0.29) is 6.54 Å². The van der Waals surface area contributed by atoms with Crippen LogP contribution in [0.5, 0.6) is 0 Å². The number of nitrogens with one attached hydrogen (secondary N) is 1. The summed E-state index contributed by atoms with van der Waals surface area (Å²) in [5.41, 5.74) is 0.794. The Kier molecular flexibility index (Phi) is 3.38. The predicted molar refractivity (Wildman–Crippen MR) is 63.9 cm³/mol. The first-order valence-corrected chi connectivity index (χ1v) is 5.57. The Morgan fingerprint density at radius 3 is 2.82 bits per heavy atom. The average Bonchev–Trinajstić information content (AvgIpc) is 2.74. The number of carboxylic acid groups (broad SMARTS) is 1. The standard InChI is InChI=1S/C10H9BrN4O2/c11-8-5-14-15(6-8)9-2-1-7(3-12-9)4-13-10(16)17/h1-3,5-6,13H,4H2,(H,16,17). The number of hydrogen-bond donors (Lipinski definition) is 2. The second kappa shape index (κ2) is 4.96. The van der Waals surface area contributed by atoms with Crippen LogP contribution in [0, 0.1) is 0 Å². The van der Waals surface area contributed by atoms with E-state index in [1.807, 2.05) is 0 Å². The first-order chi connectivity index (χ1) is 8.15. The topological polar surface area (TPSA) is 80.0 Å². The molecule has 2 rings (SSSR count). The summed E-state index contributed by atoms with van der Waals surface area (Å²) < 4.78 is 2.49. The van der Waals surface area contributed by atoms with E-state index in [4.69, 9.17) is 5.11 Å². The lowest BCUT2D eigenvalue weighted by molar-refractivity contribution is 0.194. The number of aromatic nitrogens is 3. The van der Waals surface area contributed by atoms with Gasteiger partial charge >= 0.3 is 6.09 Å². The molecule has 0 aliphatic heterocycles. The quantitative estimate of drug-likeness (QED) is 0.905. The Morgan fingerprint density at radius 2 is 2.29 bits per heavy atom. The molecular formula is C10H9BrN4O2. The van der Waals surface area contributed by atoms with Gasteiger partial charge in [0.2, 0.25) is 0 Å². The van der Waals surface area contributed by atoms with Gasteiger partial charge in [-0.1, -0.05) is 6.07 Å². The van der Waals surface area contributed by atoms with Crippen LogP contribution in [0.25, 0.3) is 5.82 Å². The summed E-state index contributed by atoms with van der Waals surface area (Å²) >= 11 is 3.30. The lowest BCUT2D eigenvalue weighted by Gasteiger charge is -2.03. The molecule has 0 aliphatic rings. The molecule has 2 N–H and O–H groups in total. The number of rotatable bonds is 3. The second-order valence-electron chi connectivity index (χ2n) is 3.29. The summed E-state index contributed by atoms with van der Waals surface area (Å²) in [5, 5.41) is 14.8. The predicted octanol–water partition coefficient (Wildman–Crippen LogP) is 1.80. The minimum absolute atomic E-state index is 0.241. The van der Waals surface area contributed by atoms with Crippen LogP contribution in [0.1, 0.15) is 5.56 Å². The van der Waals surface area contributed by atoms with E-state index in [2.05, 4.69) is 31.3 Å². The van der Waals surface area contributed by atoms with Crippen molar-refractivity contribution in [2.24, 2.45) is 0 Å². The van der Waals surface area contributed by atoms with Gasteiger partial charge in [0.25, 0.3) is 0 Å². The van der Waals surface area contributed by atoms with E-state index >= 15 is 0 Å².